The lowest BCUT2D eigenvalue weighted by Crippen LogP contribution is -2.41. The molecule has 3 heterocycles. The number of aliphatic hydroxyl groups is 1. The van der Waals surface area contributed by atoms with Crippen LogP contribution in [0.5, 0.6) is 0 Å². The molecule has 0 bridgehead atoms. The molecule has 1 fully saturated rings. The van der Waals surface area contributed by atoms with Gasteiger partial charge in [0.2, 0.25) is 21.8 Å². The van der Waals surface area contributed by atoms with Gasteiger partial charge in [-0.2, -0.15) is 0 Å². The van der Waals surface area contributed by atoms with Gasteiger partial charge in [-0.05, 0) is 42.5 Å². The SMILES string of the molecule is O=C1CCC(=O)N1c1ccc(S(=O)(=O)NCC(O)(c2ccoc2)c2ccco2)cc1. The Labute approximate surface area is 172 Å². The number of furan rings is 2. The third-order valence-electron chi connectivity index (χ3n) is 4.90. The fourth-order valence-electron chi connectivity index (χ4n) is 3.27. The van der Waals surface area contributed by atoms with E-state index in [9.17, 15) is 23.1 Å². The number of hydrogen-bond acceptors (Lipinski definition) is 7. The van der Waals surface area contributed by atoms with Crippen molar-refractivity contribution in [2.75, 3.05) is 11.4 Å². The zero-order valence-electron chi connectivity index (χ0n) is 15.6. The predicted molar refractivity (Wildman–Crippen MR) is 104 cm³/mol. The van der Waals surface area contributed by atoms with E-state index in [1.54, 1.807) is 6.07 Å². The molecule has 0 saturated carbocycles. The summed E-state index contributed by atoms with van der Waals surface area (Å²) in [5, 5.41) is 11.1. The quantitative estimate of drug-likeness (QED) is 0.546. The molecule has 4 rings (SSSR count). The van der Waals surface area contributed by atoms with E-state index in [2.05, 4.69) is 4.72 Å². The number of carbonyl (C=O) groups is 2. The van der Waals surface area contributed by atoms with Crippen LogP contribution in [0, 0.1) is 0 Å². The summed E-state index contributed by atoms with van der Waals surface area (Å²) in [7, 11) is -4.01. The second-order valence-electron chi connectivity index (χ2n) is 6.79. The first-order chi connectivity index (χ1) is 14.3. The van der Waals surface area contributed by atoms with Crippen LogP contribution in [-0.4, -0.2) is 31.9 Å². The summed E-state index contributed by atoms with van der Waals surface area (Å²) in [6.45, 7) is -0.409. The maximum atomic E-state index is 12.8. The zero-order chi connectivity index (χ0) is 21.4. The van der Waals surface area contributed by atoms with E-state index in [1.807, 2.05) is 0 Å². The van der Waals surface area contributed by atoms with Crippen molar-refractivity contribution < 1.29 is 31.9 Å². The number of sulfonamides is 1. The monoisotopic (exact) mass is 430 g/mol. The van der Waals surface area contributed by atoms with Gasteiger partial charge in [-0.15, -0.1) is 0 Å². The summed E-state index contributed by atoms with van der Waals surface area (Å²) in [6, 6.07) is 9.99. The standard InChI is InChI=1S/C20H18N2O7S/c23-18-7-8-19(24)22(18)15-3-5-16(6-4-15)30(26,27)21-13-20(25,14-9-11-28-12-14)17-2-1-10-29-17/h1-6,9-12,21,25H,7-8,13H2. The molecule has 1 aliphatic heterocycles. The van der Waals surface area contributed by atoms with Crippen molar-refractivity contribution >= 4 is 27.5 Å². The van der Waals surface area contributed by atoms with Gasteiger partial charge in [0, 0.05) is 18.4 Å². The molecule has 10 heteroatoms. The number of nitrogens with one attached hydrogen (secondary N) is 1. The molecule has 2 N–H and O–H groups in total. The first-order valence-electron chi connectivity index (χ1n) is 9.06. The van der Waals surface area contributed by atoms with E-state index >= 15 is 0 Å². The highest BCUT2D eigenvalue weighted by molar-refractivity contribution is 7.89. The summed E-state index contributed by atoms with van der Waals surface area (Å²) in [5.41, 5.74) is -1.15. The Morgan fingerprint density at radius 1 is 1.03 bits per heavy atom. The van der Waals surface area contributed by atoms with Gasteiger partial charge in [0.05, 0.1) is 35.9 Å². The van der Waals surface area contributed by atoms with Crippen molar-refractivity contribution in [2.45, 2.75) is 23.3 Å². The molecule has 1 atom stereocenters. The van der Waals surface area contributed by atoms with E-state index < -0.39 is 22.2 Å². The number of amides is 2. The fraction of sp³-hybridized carbons (Fsp3) is 0.200. The van der Waals surface area contributed by atoms with Crippen LogP contribution in [0.3, 0.4) is 0 Å². The minimum Gasteiger partial charge on any atom is -0.472 e. The molecule has 30 heavy (non-hydrogen) atoms. The Morgan fingerprint density at radius 3 is 2.30 bits per heavy atom. The predicted octanol–water partition coefficient (Wildman–Crippen LogP) is 1.74. The van der Waals surface area contributed by atoms with Crippen LogP contribution < -0.4 is 9.62 Å². The smallest absolute Gasteiger partial charge is 0.240 e. The van der Waals surface area contributed by atoms with Crippen LogP contribution in [0.25, 0.3) is 0 Å². The molecule has 1 saturated heterocycles. The van der Waals surface area contributed by atoms with Crippen molar-refractivity contribution in [3.8, 4) is 0 Å². The zero-order valence-corrected chi connectivity index (χ0v) is 16.5. The second kappa shape index (κ2) is 7.56. The van der Waals surface area contributed by atoms with Crippen molar-refractivity contribution in [1.82, 2.24) is 4.72 Å². The van der Waals surface area contributed by atoms with Crippen LogP contribution in [0.2, 0.25) is 0 Å². The molecule has 1 aliphatic rings. The molecule has 0 radical (unpaired) electrons. The number of anilines is 1. The lowest BCUT2D eigenvalue weighted by atomic mass is 9.94. The number of nitrogens with zero attached hydrogens (tertiary/aromatic N) is 1. The summed E-state index contributed by atoms with van der Waals surface area (Å²) in [5.74, 6) is -0.497. The highest BCUT2D eigenvalue weighted by Gasteiger charge is 2.37. The van der Waals surface area contributed by atoms with Crippen LogP contribution in [0.15, 0.2) is 75.0 Å². The van der Waals surface area contributed by atoms with Gasteiger partial charge < -0.3 is 13.9 Å². The van der Waals surface area contributed by atoms with Crippen LogP contribution in [0.1, 0.15) is 24.2 Å². The van der Waals surface area contributed by atoms with E-state index in [0.29, 0.717) is 11.3 Å². The first-order valence-corrected chi connectivity index (χ1v) is 10.5. The third kappa shape index (κ3) is 3.56. The van der Waals surface area contributed by atoms with Gasteiger partial charge in [0.15, 0.2) is 5.60 Å². The minimum absolute atomic E-state index is 0.0840. The molecule has 1 aromatic carbocycles. The van der Waals surface area contributed by atoms with Crippen molar-refractivity contribution in [2.24, 2.45) is 0 Å². The van der Waals surface area contributed by atoms with Crippen molar-refractivity contribution in [3.05, 3.63) is 72.6 Å². The first kappa shape index (κ1) is 20.1. The molecule has 3 aromatic rings. The van der Waals surface area contributed by atoms with Crippen molar-refractivity contribution in [1.29, 1.82) is 0 Å². The Hall–Kier alpha value is -3.21. The molecule has 2 amide bonds. The Balaban J connectivity index is 1.55. The van der Waals surface area contributed by atoms with Gasteiger partial charge in [-0.1, -0.05) is 0 Å². The molecular formula is C20H18N2O7S. The van der Waals surface area contributed by atoms with E-state index in [4.69, 9.17) is 8.83 Å². The van der Waals surface area contributed by atoms with Crippen molar-refractivity contribution in [3.63, 3.8) is 0 Å². The van der Waals surface area contributed by atoms with E-state index in [-0.39, 0.29) is 35.3 Å². The summed E-state index contributed by atoms with van der Waals surface area (Å²) >= 11 is 0. The molecule has 0 aliphatic carbocycles. The summed E-state index contributed by atoms with van der Waals surface area (Å²) < 4.78 is 38.2. The maximum absolute atomic E-state index is 12.8. The van der Waals surface area contributed by atoms with Gasteiger partial charge in [0.1, 0.15) is 5.76 Å². The Kier molecular flexibility index (Phi) is 5.06. The van der Waals surface area contributed by atoms with Gasteiger partial charge >= 0.3 is 0 Å². The lowest BCUT2D eigenvalue weighted by molar-refractivity contribution is -0.121. The van der Waals surface area contributed by atoms with Gasteiger partial charge in [0.25, 0.3) is 0 Å². The van der Waals surface area contributed by atoms with Crippen LogP contribution in [-0.2, 0) is 25.2 Å². The normalized spacial score (nSPS) is 16.8. The molecule has 2 aromatic heterocycles. The molecule has 9 nitrogen and oxygen atoms in total. The summed E-state index contributed by atoms with van der Waals surface area (Å²) in [6.07, 6.45) is 4.31. The van der Waals surface area contributed by atoms with Gasteiger partial charge in [-0.3, -0.25) is 14.5 Å². The Bertz CT molecular complexity index is 1100. The number of hydrogen-bond donors (Lipinski definition) is 2. The second-order valence-corrected chi connectivity index (χ2v) is 8.56. The lowest BCUT2D eigenvalue weighted by Gasteiger charge is -2.25. The van der Waals surface area contributed by atoms with Crippen LogP contribution >= 0.6 is 0 Å². The maximum Gasteiger partial charge on any atom is 0.240 e. The minimum atomic E-state index is -4.01. The van der Waals surface area contributed by atoms with E-state index in [1.165, 1.54) is 55.2 Å². The number of rotatable bonds is 7. The number of benzene rings is 1. The van der Waals surface area contributed by atoms with Gasteiger partial charge in [-0.25, -0.2) is 13.1 Å². The highest BCUT2D eigenvalue weighted by atomic mass is 32.2. The average molecular weight is 430 g/mol. The molecule has 156 valence electrons. The summed E-state index contributed by atoms with van der Waals surface area (Å²) in [4.78, 5) is 24.6. The number of imide groups is 1. The highest BCUT2D eigenvalue weighted by Crippen LogP contribution is 2.30. The molecular weight excluding hydrogens is 412 g/mol. The fourth-order valence-corrected chi connectivity index (χ4v) is 4.33. The molecule has 0 spiro atoms. The number of carbonyl (C=O) groups excluding carboxylic acids is 2. The third-order valence-corrected chi connectivity index (χ3v) is 6.32. The topological polar surface area (TPSA) is 130 Å². The molecule has 1 unspecified atom stereocenters. The largest absolute Gasteiger partial charge is 0.472 e. The van der Waals surface area contributed by atoms with Crippen LogP contribution in [0.4, 0.5) is 5.69 Å². The average Bonchev–Trinajstić information content (AvgIpc) is 3.50. The Morgan fingerprint density at radius 2 is 1.73 bits per heavy atom. The van der Waals surface area contributed by atoms with E-state index in [0.717, 1.165) is 4.90 Å².